The summed E-state index contributed by atoms with van der Waals surface area (Å²) >= 11 is 0. The predicted octanol–water partition coefficient (Wildman–Crippen LogP) is 4.96. The summed E-state index contributed by atoms with van der Waals surface area (Å²) in [4.78, 5) is 10.3. The maximum Gasteiger partial charge on any atom is 0.472 e. The first-order valence-corrected chi connectivity index (χ1v) is 15.7. The van der Waals surface area contributed by atoms with Crippen LogP contribution >= 0.6 is 7.82 Å². The van der Waals surface area contributed by atoms with Crippen molar-refractivity contribution in [3.05, 3.63) is 0 Å². The number of rotatable bonds is 22. The van der Waals surface area contributed by atoms with Crippen LogP contribution in [0.1, 0.15) is 123 Å². The topological polar surface area (TPSA) is 146 Å². The fourth-order valence-electron chi connectivity index (χ4n) is 4.54. The molecule has 5 N–H and O–H groups in total. The van der Waals surface area contributed by atoms with Crippen molar-refractivity contribution >= 4 is 7.82 Å². The maximum atomic E-state index is 12.6. The van der Waals surface area contributed by atoms with Gasteiger partial charge in [-0.2, -0.15) is 0 Å². The molecule has 9 nitrogen and oxygen atoms in total. The van der Waals surface area contributed by atoms with Crippen LogP contribution in [-0.4, -0.2) is 68.7 Å². The van der Waals surface area contributed by atoms with Crippen LogP contribution in [0.5, 0.6) is 0 Å². The summed E-state index contributed by atoms with van der Waals surface area (Å²) in [5.74, 6) is 0. The van der Waals surface area contributed by atoms with Crippen molar-refractivity contribution in [1.29, 1.82) is 0 Å². The standard InChI is InChI=1S/C26H53O9P/c1-3-5-7-9-11-13-15-17-19-21(18-16-14-12-10-8-6-4-2)35-36(31,32)33-20-22-23(27)24(28)25(29)26(30)34-22/h21-30H,3-20H2,1-2H3,(H,31,32)/t21?,22-,23-,24+,25+,26+/m1/s1. The molecule has 0 radical (unpaired) electrons. The van der Waals surface area contributed by atoms with Gasteiger partial charge in [0.25, 0.3) is 0 Å². The minimum atomic E-state index is -4.46. The van der Waals surface area contributed by atoms with E-state index in [1.807, 2.05) is 0 Å². The van der Waals surface area contributed by atoms with Crippen LogP contribution in [0.2, 0.25) is 0 Å². The Labute approximate surface area is 218 Å². The first-order chi connectivity index (χ1) is 17.2. The van der Waals surface area contributed by atoms with Crippen molar-refractivity contribution in [1.82, 2.24) is 0 Å². The lowest BCUT2D eigenvalue weighted by atomic mass is 10.00. The molecule has 216 valence electrons. The fraction of sp³-hybridized carbons (Fsp3) is 1.00. The van der Waals surface area contributed by atoms with Crippen LogP contribution in [0.4, 0.5) is 0 Å². The molecule has 1 saturated heterocycles. The fourth-order valence-corrected chi connectivity index (χ4v) is 5.52. The maximum absolute atomic E-state index is 12.6. The van der Waals surface area contributed by atoms with Crippen LogP contribution < -0.4 is 0 Å². The van der Waals surface area contributed by atoms with Gasteiger partial charge >= 0.3 is 7.82 Å². The largest absolute Gasteiger partial charge is 0.472 e. The first-order valence-electron chi connectivity index (χ1n) is 14.2. The van der Waals surface area contributed by atoms with Crippen LogP contribution in [0, 0.1) is 0 Å². The molecule has 1 rings (SSSR count). The Bertz CT molecular complexity index is 580. The molecule has 0 aromatic rings. The molecule has 7 atom stereocenters. The van der Waals surface area contributed by atoms with Gasteiger partial charge in [0.1, 0.15) is 24.4 Å². The molecule has 2 unspecified atom stereocenters. The molecular weight excluding hydrogens is 487 g/mol. The summed E-state index contributed by atoms with van der Waals surface area (Å²) in [5.41, 5.74) is 0. The van der Waals surface area contributed by atoms with E-state index in [4.69, 9.17) is 13.8 Å². The molecule has 1 fully saturated rings. The second kappa shape index (κ2) is 19.9. The second-order valence-electron chi connectivity index (χ2n) is 10.2. The second-order valence-corrected chi connectivity index (χ2v) is 11.6. The molecule has 0 aliphatic carbocycles. The average molecular weight is 541 g/mol. The van der Waals surface area contributed by atoms with Gasteiger partial charge in [-0.05, 0) is 12.8 Å². The van der Waals surface area contributed by atoms with Gasteiger partial charge in [-0.15, -0.1) is 0 Å². The number of hydrogen-bond donors (Lipinski definition) is 5. The van der Waals surface area contributed by atoms with Gasteiger partial charge in [-0.1, -0.05) is 110 Å². The molecule has 0 saturated carbocycles. The summed E-state index contributed by atoms with van der Waals surface area (Å²) in [7, 11) is -4.46. The van der Waals surface area contributed by atoms with Crippen molar-refractivity contribution in [2.24, 2.45) is 0 Å². The third-order valence-electron chi connectivity index (χ3n) is 6.88. The van der Waals surface area contributed by atoms with Gasteiger partial charge in [0.15, 0.2) is 6.29 Å². The van der Waals surface area contributed by atoms with Gasteiger partial charge < -0.3 is 30.1 Å². The Morgan fingerprint density at radius 1 is 0.694 bits per heavy atom. The van der Waals surface area contributed by atoms with Gasteiger partial charge in [0.05, 0.1) is 12.7 Å². The minimum Gasteiger partial charge on any atom is -0.387 e. The highest BCUT2D eigenvalue weighted by molar-refractivity contribution is 7.47. The van der Waals surface area contributed by atoms with E-state index in [9.17, 15) is 29.9 Å². The Balaban J connectivity index is 2.48. The van der Waals surface area contributed by atoms with Gasteiger partial charge in [-0.3, -0.25) is 9.05 Å². The molecule has 0 aromatic carbocycles. The van der Waals surface area contributed by atoms with Crippen LogP contribution in [0.25, 0.3) is 0 Å². The van der Waals surface area contributed by atoms with Crippen molar-refractivity contribution in [3.63, 3.8) is 0 Å². The zero-order valence-electron chi connectivity index (χ0n) is 22.5. The van der Waals surface area contributed by atoms with Crippen molar-refractivity contribution in [2.75, 3.05) is 6.61 Å². The quantitative estimate of drug-likeness (QED) is 0.0950. The summed E-state index contributed by atoms with van der Waals surface area (Å²) in [5, 5.41) is 39.0. The van der Waals surface area contributed by atoms with Gasteiger partial charge in [0.2, 0.25) is 0 Å². The molecule has 0 aromatic heterocycles. The molecule has 1 heterocycles. The Morgan fingerprint density at radius 2 is 1.14 bits per heavy atom. The smallest absolute Gasteiger partial charge is 0.387 e. The van der Waals surface area contributed by atoms with E-state index in [1.165, 1.54) is 57.8 Å². The number of aliphatic hydroxyl groups excluding tert-OH is 4. The molecule has 36 heavy (non-hydrogen) atoms. The molecule has 10 heteroatoms. The van der Waals surface area contributed by atoms with E-state index in [0.29, 0.717) is 12.8 Å². The van der Waals surface area contributed by atoms with Crippen LogP contribution in [0.15, 0.2) is 0 Å². The van der Waals surface area contributed by atoms with E-state index in [-0.39, 0.29) is 0 Å². The Morgan fingerprint density at radius 3 is 1.61 bits per heavy atom. The predicted molar refractivity (Wildman–Crippen MR) is 139 cm³/mol. The summed E-state index contributed by atoms with van der Waals surface area (Å²) in [6, 6.07) is 0. The number of unbranched alkanes of at least 4 members (excludes halogenated alkanes) is 13. The Hall–Kier alpha value is -0.0900. The van der Waals surface area contributed by atoms with E-state index < -0.39 is 51.2 Å². The van der Waals surface area contributed by atoms with E-state index >= 15 is 0 Å². The number of aliphatic hydroxyl groups is 4. The SMILES string of the molecule is CCCCCCCCCCC(CCCCCCCCC)OP(=O)(O)OC[C@H]1O[C@H](O)[C@@H](O)[C@@H](O)[C@@H]1O. The molecule has 0 bridgehead atoms. The zero-order valence-corrected chi connectivity index (χ0v) is 23.4. The van der Waals surface area contributed by atoms with E-state index in [2.05, 4.69) is 13.8 Å². The summed E-state index contributed by atoms with van der Waals surface area (Å²) in [6.07, 6.45) is 10.4. The number of phosphoric ester groups is 1. The molecule has 1 aliphatic heterocycles. The third kappa shape index (κ3) is 14.7. The highest BCUT2D eigenvalue weighted by Crippen LogP contribution is 2.46. The summed E-state index contributed by atoms with van der Waals surface area (Å²) in [6.45, 7) is 3.82. The van der Waals surface area contributed by atoms with E-state index in [0.717, 1.165) is 38.5 Å². The lowest BCUT2D eigenvalue weighted by Crippen LogP contribution is -2.58. The van der Waals surface area contributed by atoms with Crippen molar-refractivity contribution in [2.45, 2.75) is 160 Å². The van der Waals surface area contributed by atoms with Gasteiger partial charge in [0, 0.05) is 0 Å². The molecule has 1 aliphatic rings. The summed E-state index contributed by atoms with van der Waals surface area (Å²) < 4.78 is 28.2. The molecule has 0 amide bonds. The van der Waals surface area contributed by atoms with E-state index in [1.54, 1.807) is 0 Å². The monoisotopic (exact) mass is 540 g/mol. The van der Waals surface area contributed by atoms with Crippen LogP contribution in [-0.2, 0) is 18.3 Å². The Kier molecular flexibility index (Phi) is 18.8. The van der Waals surface area contributed by atoms with Crippen molar-refractivity contribution in [3.8, 4) is 0 Å². The lowest BCUT2D eigenvalue weighted by molar-refractivity contribution is -0.285. The normalized spacial score (nSPS) is 27.1. The number of phosphoric acid groups is 1. The number of ether oxygens (including phenoxy) is 1. The molecule has 0 spiro atoms. The van der Waals surface area contributed by atoms with Crippen molar-refractivity contribution < 1.29 is 43.7 Å². The molecular formula is C26H53O9P. The van der Waals surface area contributed by atoms with Crippen LogP contribution in [0.3, 0.4) is 0 Å². The average Bonchev–Trinajstić information content (AvgIpc) is 2.84. The zero-order chi connectivity index (χ0) is 26.8. The third-order valence-corrected chi connectivity index (χ3v) is 7.92. The lowest BCUT2D eigenvalue weighted by Gasteiger charge is -2.38. The first kappa shape index (κ1) is 33.9. The number of hydrogen-bond acceptors (Lipinski definition) is 8. The minimum absolute atomic E-state index is 0.410. The highest BCUT2D eigenvalue weighted by Gasteiger charge is 2.44. The highest BCUT2D eigenvalue weighted by atomic mass is 31.2. The van der Waals surface area contributed by atoms with Gasteiger partial charge in [-0.25, -0.2) is 4.57 Å².